The van der Waals surface area contributed by atoms with Crippen molar-refractivity contribution in [2.45, 2.75) is 39.2 Å². The van der Waals surface area contributed by atoms with Gasteiger partial charge in [0, 0.05) is 17.5 Å². The van der Waals surface area contributed by atoms with E-state index >= 15 is 0 Å². The Morgan fingerprint density at radius 2 is 1.88 bits per heavy atom. The van der Waals surface area contributed by atoms with Gasteiger partial charge in [0.2, 0.25) is 0 Å². The van der Waals surface area contributed by atoms with Gasteiger partial charge in [-0.05, 0) is 62.7 Å². The molecular weight excluding hydrogens is 326 g/mol. The van der Waals surface area contributed by atoms with Crippen LogP contribution in [0.1, 0.15) is 38.1 Å². The first-order valence-electron chi connectivity index (χ1n) is 8.85. The Bertz CT molecular complexity index is 865. The lowest BCUT2D eigenvalue weighted by Gasteiger charge is -2.19. The molecule has 1 N–H and O–H groups in total. The summed E-state index contributed by atoms with van der Waals surface area (Å²) in [4.78, 5) is 4.40. The third kappa shape index (κ3) is 3.63. The van der Waals surface area contributed by atoms with Gasteiger partial charge in [0.25, 0.3) is 0 Å². The van der Waals surface area contributed by atoms with Crippen LogP contribution in [-0.2, 0) is 5.60 Å². The first kappa shape index (κ1) is 18.1. The predicted molar refractivity (Wildman–Crippen MR) is 103 cm³/mol. The summed E-state index contributed by atoms with van der Waals surface area (Å²) in [6.45, 7) is 5.83. The largest absolute Gasteiger partial charge is 0.497 e. The van der Waals surface area contributed by atoms with Crippen LogP contribution in [0.2, 0.25) is 0 Å². The Balaban J connectivity index is 2.13. The van der Waals surface area contributed by atoms with Crippen molar-refractivity contribution < 1.29 is 9.84 Å². The minimum absolute atomic E-state index is 0.651. The van der Waals surface area contributed by atoms with Crippen molar-refractivity contribution in [3.05, 3.63) is 60.0 Å². The van der Waals surface area contributed by atoms with Gasteiger partial charge in [-0.25, -0.2) is 4.68 Å². The van der Waals surface area contributed by atoms with Crippen LogP contribution >= 0.6 is 0 Å². The summed E-state index contributed by atoms with van der Waals surface area (Å²) in [7, 11) is 1.65. The Labute approximate surface area is 154 Å². The van der Waals surface area contributed by atoms with E-state index in [9.17, 15) is 5.11 Å². The fourth-order valence-corrected chi connectivity index (χ4v) is 3.00. The molecule has 2 heterocycles. The van der Waals surface area contributed by atoms with E-state index in [1.165, 1.54) is 0 Å². The number of aliphatic hydroxyl groups is 1. The van der Waals surface area contributed by atoms with E-state index in [4.69, 9.17) is 9.84 Å². The third-order valence-electron chi connectivity index (χ3n) is 4.52. The molecule has 0 aliphatic carbocycles. The molecule has 2 aromatic heterocycles. The van der Waals surface area contributed by atoms with Crippen molar-refractivity contribution in [2.75, 3.05) is 7.11 Å². The molecule has 3 rings (SSSR count). The van der Waals surface area contributed by atoms with E-state index in [2.05, 4.69) is 11.9 Å². The van der Waals surface area contributed by atoms with Crippen molar-refractivity contribution in [1.82, 2.24) is 14.8 Å². The second kappa shape index (κ2) is 7.30. The van der Waals surface area contributed by atoms with Gasteiger partial charge in [-0.15, -0.1) is 0 Å². The summed E-state index contributed by atoms with van der Waals surface area (Å²) in [5, 5.41) is 15.6. The number of hydrogen-bond acceptors (Lipinski definition) is 4. The first-order valence-corrected chi connectivity index (χ1v) is 8.85. The number of pyridine rings is 1. The van der Waals surface area contributed by atoms with Crippen LogP contribution in [0.15, 0.2) is 48.7 Å². The zero-order valence-corrected chi connectivity index (χ0v) is 15.7. The maximum atomic E-state index is 10.8. The smallest absolute Gasteiger partial charge is 0.119 e. The van der Waals surface area contributed by atoms with Crippen molar-refractivity contribution in [1.29, 1.82) is 0 Å². The lowest BCUT2D eigenvalue weighted by Crippen LogP contribution is -2.21. The van der Waals surface area contributed by atoms with Crippen LogP contribution in [0.5, 0.6) is 5.75 Å². The highest BCUT2D eigenvalue weighted by molar-refractivity contribution is 5.62. The third-order valence-corrected chi connectivity index (χ3v) is 4.52. The molecule has 0 fully saturated rings. The zero-order valence-electron chi connectivity index (χ0n) is 15.7. The van der Waals surface area contributed by atoms with Gasteiger partial charge >= 0.3 is 0 Å². The molecule has 5 nitrogen and oxygen atoms in total. The summed E-state index contributed by atoms with van der Waals surface area (Å²) in [5.41, 5.74) is 3.40. The molecule has 3 aromatic rings. The molecule has 0 saturated heterocycles. The lowest BCUT2D eigenvalue weighted by atomic mass is 9.96. The number of benzene rings is 1. The number of aryl methyl sites for hydroxylation is 1. The minimum Gasteiger partial charge on any atom is -0.497 e. The van der Waals surface area contributed by atoms with Crippen LogP contribution in [0.4, 0.5) is 0 Å². The van der Waals surface area contributed by atoms with Crippen LogP contribution < -0.4 is 4.74 Å². The molecular formula is C21H25N3O2. The number of nitrogens with zero attached hydrogens (tertiary/aromatic N) is 3. The standard InChI is InChI=1S/C21H25N3O2/c1-5-12-21(3,25)20-13-19(16-7-6-15(2)22-14-16)24(23-20)17-8-10-18(26-4)11-9-17/h6-11,13-14,25H,5,12H2,1-4H3. The molecule has 136 valence electrons. The SMILES string of the molecule is CCCC(C)(O)c1cc(-c2ccc(C)nc2)n(-c2ccc(OC)cc2)n1. The van der Waals surface area contributed by atoms with Crippen LogP contribution in [0.3, 0.4) is 0 Å². The van der Waals surface area contributed by atoms with E-state index < -0.39 is 5.60 Å². The lowest BCUT2D eigenvalue weighted by molar-refractivity contribution is 0.0421. The van der Waals surface area contributed by atoms with Gasteiger partial charge < -0.3 is 9.84 Å². The van der Waals surface area contributed by atoms with Crippen molar-refractivity contribution in [3.8, 4) is 22.7 Å². The van der Waals surface area contributed by atoms with Gasteiger partial charge in [0.1, 0.15) is 11.4 Å². The molecule has 1 aromatic carbocycles. The van der Waals surface area contributed by atoms with E-state index in [0.717, 1.165) is 34.8 Å². The molecule has 0 bridgehead atoms. The molecule has 0 aliphatic rings. The minimum atomic E-state index is -0.973. The number of rotatable bonds is 6. The number of hydrogen-bond donors (Lipinski definition) is 1. The van der Waals surface area contributed by atoms with E-state index in [-0.39, 0.29) is 0 Å². The molecule has 0 saturated carbocycles. The second-order valence-electron chi connectivity index (χ2n) is 6.74. The van der Waals surface area contributed by atoms with Crippen molar-refractivity contribution >= 4 is 0 Å². The average Bonchev–Trinajstić information content (AvgIpc) is 3.09. The fourth-order valence-electron chi connectivity index (χ4n) is 3.00. The number of aromatic nitrogens is 3. The van der Waals surface area contributed by atoms with Gasteiger partial charge in [0.15, 0.2) is 0 Å². The van der Waals surface area contributed by atoms with Crippen LogP contribution in [0.25, 0.3) is 16.9 Å². The maximum Gasteiger partial charge on any atom is 0.119 e. The topological polar surface area (TPSA) is 60.2 Å². The molecule has 5 heteroatoms. The van der Waals surface area contributed by atoms with Crippen molar-refractivity contribution in [2.24, 2.45) is 0 Å². The molecule has 0 aliphatic heterocycles. The second-order valence-corrected chi connectivity index (χ2v) is 6.74. The quantitative estimate of drug-likeness (QED) is 0.721. The highest BCUT2D eigenvalue weighted by Gasteiger charge is 2.27. The fraction of sp³-hybridized carbons (Fsp3) is 0.333. The zero-order chi connectivity index (χ0) is 18.7. The van der Waals surface area contributed by atoms with Gasteiger partial charge in [-0.2, -0.15) is 5.10 Å². The Hall–Kier alpha value is -2.66. The van der Waals surface area contributed by atoms with E-state index in [1.807, 2.05) is 67.2 Å². The summed E-state index contributed by atoms with van der Waals surface area (Å²) in [5.74, 6) is 0.790. The predicted octanol–water partition coefficient (Wildman–Crippen LogP) is 4.26. The van der Waals surface area contributed by atoms with Crippen LogP contribution in [-0.4, -0.2) is 27.0 Å². The Morgan fingerprint density at radius 3 is 2.46 bits per heavy atom. The summed E-state index contributed by atoms with van der Waals surface area (Å²) >= 11 is 0. The van der Waals surface area contributed by atoms with Crippen molar-refractivity contribution in [3.63, 3.8) is 0 Å². The number of methoxy groups -OCH3 is 1. The summed E-state index contributed by atoms with van der Waals surface area (Å²) < 4.78 is 7.10. The monoisotopic (exact) mass is 351 g/mol. The normalized spacial score (nSPS) is 13.4. The summed E-state index contributed by atoms with van der Waals surface area (Å²) in [6, 6.07) is 13.7. The molecule has 1 atom stereocenters. The molecule has 26 heavy (non-hydrogen) atoms. The Kier molecular flexibility index (Phi) is 5.09. The van der Waals surface area contributed by atoms with E-state index in [1.54, 1.807) is 7.11 Å². The molecule has 0 amide bonds. The van der Waals surface area contributed by atoms with E-state index in [0.29, 0.717) is 12.1 Å². The highest BCUT2D eigenvalue weighted by atomic mass is 16.5. The van der Waals surface area contributed by atoms with Gasteiger partial charge in [-0.1, -0.05) is 13.3 Å². The summed E-state index contributed by atoms with van der Waals surface area (Å²) in [6.07, 6.45) is 3.37. The molecule has 0 radical (unpaired) electrons. The Morgan fingerprint density at radius 1 is 1.15 bits per heavy atom. The van der Waals surface area contributed by atoms with Crippen LogP contribution in [0, 0.1) is 6.92 Å². The molecule has 1 unspecified atom stereocenters. The van der Waals surface area contributed by atoms with Gasteiger partial charge in [-0.3, -0.25) is 4.98 Å². The highest BCUT2D eigenvalue weighted by Crippen LogP contribution is 2.31. The maximum absolute atomic E-state index is 10.8. The molecule has 0 spiro atoms. The van der Waals surface area contributed by atoms with Gasteiger partial charge in [0.05, 0.1) is 24.2 Å². The number of ether oxygens (including phenoxy) is 1. The first-order chi connectivity index (χ1) is 12.4. The average molecular weight is 351 g/mol.